The third-order valence-corrected chi connectivity index (χ3v) is 4.86. The van der Waals surface area contributed by atoms with Gasteiger partial charge in [-0.3, -0.25) is 0 Å². The summed E-state index contributed by atoms with van der Waals surface area (Å²) >= 11 is 0. The Morgan fingerprint density at radius 1 is 1.19 bits per heavy atom. The average Bonchev–Trinajstić information content (AvgIpc) is 2.41. The first-order valence-electron chi connectivity index (χ1n) is 8.91. The van der Waals surface area contributed by atoms with E-state index in [2.05, 4.69) is 39.9 Å². The first-order valence-corrected chi connectivity index (χ1v) is 8.91. The SMILES string of the molecule is CCC(CO)(CCCOC1CC(C)CC(C)C1)NC(C)C. The number of aliphatic hydroxyl groups excluding tert-OH is 1. The van der Waals surface area contributed by atoms with E-state index in [9.17, 15) is 5.11 Å². The molecule has 0 aromatic carbocycles. The summed E-state index contributed by atoms with van der Waals surface area (Å²) in [5, 5.41) is 13.3. The number of hydrogen-bond acceptors (Lipinski definition) is 3. The molecule has 1 saturated carbocycles. The molecule has 2 N–H and O–H groups in total. The normalized spacial score (nSPS) is 29.6. The number of rotatable bonds is 9. The molecule has 0 bridgehead atoms. The van der Waals surface area contributed by atoms with Crippen LogP contribution in [0.2, 0.25) is 0 Å². The first-order chi connectivity index (χ1) is 9.90. The molecule has 1 rings (SSSR count). The molecule has 0 aliphatic heterocycles. The van der Waals surface area contributed by atoms with Crippen molar-refractivity contribution in [2.75, 3.05) is 13.2 Å². The highest BCUT2D eigenvalue weighted by Gasteiger charge is 2.28. The fourth-order valence-electron chi connectivity index (χ4n) is 3.87. The summed E-state index contributed by atoms with van der Waals surface area (Å²) in [6, 6.07) is 0.401. The van der Waals surface area contributed by atoms with Gasteiger partial charge in [-0.2, -0.15) is 0 Å². The van der Waals surface area contributed by atoms with E-state index >= 15 is 0 Å². The van der Waals surface area contributed by atoms with Crippen LogP contribution in [0.3, 0.4) is 0 Å². The van der Waals surface area contributed by atoms with Gasteiger partial charge in [-0.1, -0.05) is 34.6 Å². The van der Waals surface area contributed by atoms with E-state index in [4.69, 9.17) is 4.74 Å². The Bertz CT molecular complexity index is 266. The third kappa shape index (κ3) is 6.66. The smallest absolute Gasteiger partial charge is 0.0613 e. The van der Waals surface area contributed by atoms with Crippen molar-refractivity contribution in [2.45, 2.75) is 90.8 Å². The van der Waals surface area contributed by atoms with Crippen LogP contribution in [0.5, 0.6) is 0 Å². The lowest BCUT2D eigenvalue weighted by molar-refractivity contribution is -0.00443. The summed E-state index contributed by atoms with van der Waals surface area (Å²) in [6.45, 7) is 12.1. The summed E-state index contributed by atoms with van der Waals surface area (Å²) in [7, 11) is 0. The van der Waals surface area contributed by atoms with Crippen molar-refractivity contribution < 1.29 is 9.84 Å². The molecule has 1 fully saturated rings. The minimum atomic E-state index is -0.134. The van der Waals surface area contributed by atoms with Crippen molar-refractivity contribution in [3.8, 4) is 0 Å². The maximum absolute atomic E-state index is 9.74. The van der Waals surface area contributed by atoms with Crippen LogP contribution >= 0.6 is 0 Å². The van der Waals surface area contributed by atoms with E-state index in [1.807, 2.05) is 0 Å². The van der Waals surface area contributed by atoms with E-state index in [-0.39, 0.29) is 12.1 Å². The molecule has 21 heavy (non-hydrogen) atoms. The number of hydrogen-bond donors (Lipinski definition) is 2. The Morgan fingerprint density at radius 2 is 1.81 bits per heavy atom. The molecule has 0 aromatic heterocycles. The number of aliphatic hydroxyl groups is 1. The zero-order valence-electron chi connectivity index (χ0n) is 14.8. The van der Waals surface area contributed by atoms with Crippen LogP contribution in [0.25, 0.3) is 0 Å². The molecule has 0 saturated heterocycles. The van der Waals surface area contributed by atoms with Crippen LogP contribution in [0.1, 0.15) is 73.1 Å². The maximum atomic E-state index is 9.74. The summed E-state index contributed by atoms with van der Waals surface area (Å²) in [5.41, 5.74) is -0.134. The summed E-state index contributed by atoms with van der Waals surface area (Å²) < 4.78 is 6.10. The van der Waals surface area contributed by atoms with Crippen molar-refractivity contribution >= 4 is 0 Å². The molecule has 0 heterocycles. The van der Waals surface area contributed by atoms with E-state index in [1.54, 1.807) is 0 Å². The molecule has 0 amide bonds. The largest absolute Gasteiger partial charge is 0.394 e. The Balaban J connectivity index is 2.30. The minimum Gasteiger partial charge on any atom is -0.394 e. The molecule has 3 heteroatoms. The zero-order valence-corrected chi connectivity index (χ0v) is 14.8. The van der Waals surface area contributed by atoms with Crippen molar-refractivity contribution in [3.63, 3.8) is 0 Å². The van der Waals surface area contributed by atoms with Crippen molar-refractivity contribution in [1.82, 2.24) is 5.32 Å². The molecule has 0 radical (unpaired) electrons. The Hall–Kier alpha value is -0.120. The fraction of sp³-hybridized carbons (Fsp3) is 1.00. The average molecular weight is 299 g/mol. The Kier molecular flexibility index (Phi) is 8.22. The van der Waals surface area contributed by atoms with Crippen LogP contribution < -0.4 is 5.32 Å². The van der Waals surface area contributed by atoms with Crippen molar-refractivity contribution in [3.05, 3.63) is 0 Å². The van der Waals surface area contributed by atoms with E-state index in [1.165, 1.54) is 19.3 Å². The molecular weight excluding hydrogens is 262 g/mol. The molecule has 0 spiro atoms. The second-order valence-corrected chi connectivity index (χ2v) is 7.60. The van der Waals surface area contributed by atoms with Crippen molar-refractivity contribution in [1.29, 1.82) is 0 Å². The van der Waals surface area contributed by atoms with Gasteiger partial charge in [-0.25, -0.2) is 0 Å². The zero-order chi connectivity index (χ0) is 15.9. The Labute approximate surface area is 131 Å². The number of nitrogens with one attached hydrogen (secondary N) is 1. The summed E-state index contributed by atoms with van der Waals surface area (Å²) in [5.74, 6) is 1.60. The lowest BCUT2D eigenvalue weighted by Crippen LogP contribution is -2.51. The Morgan fingerprint density at radius 3 is 2.29 bits per heavy atom. The van der Waals surface area contributed by atoms with Gasteiger partial charge in [0.25, 0.3) is 0 Å². The van der Waals surface area contributed by atoms with Crippen molar-refractivity contribution in [2.24, 2.45) is 11.8 Å². The van der Waals surface area contributed by atoms with Gasteiger partial charge in [0, 0.05) is 18.2 Å². The van der Waals surface area contributed by atoms with Gasteiger partial charge in [-0.15, -0.1) is 0 Å². The standard InChI is InChI=1S/C18H37NO2/c1-6-18(13-20,19-14(2)3)8-7-9-21-17-11-15(4)10-16(5)12-17/h14-17,19-20H,6-13H2,1-5H3. The van der Waals surface area contributed by atoms with Crippen LogP contribution in [0.15, 0.2) is 0 Å². The summed E-state index contributed by atoms with van der Waals surface area (Å²) in [4.78, 5) is 0. The topological polar surface area (TPSA) is 41.5 Å². The van der Waals surface area contributed by atoms with Crippen LogP contribution in [-0.4, -0.2) is 36.0 Å². The lowest BCUT2D eigenvalue weighted by Gasteiger charge is -2.35. The molecular formula is C18H37NO2. The second kappa shape index (κ2) is 9.12. The highest BCUT2D eigenvalue weighted by atomic mass is 16.5. The molecule has 3 unspecified atom stereocenters. The predicted molar refractivity (Wildman–Crippen MR) is 89.5 cm³/mol. The number of ether oxygens (including phenoxy) is 1. The van der Waals surface area contributed by atoms with Crippen LogP contribution in [-0.2, 0) is 4.74 Å². The predicted octanol–water partition coefficient (Wildman–Crippen LogP) is 3.75. The second-order valence-electron chi connectivity index (χ2n) is 7.60. The quantitative estimate of drug-likeness (QED) is 0.637. The van der Waals surface area contributed by atoms with E-state index < -0.39 is 0 Å². The van der Waals surface area contributed by atoms with Gasteiger partial charge >= 0.3 is 0 Å². The van der Waals surface area contributed by atoms with Gasteiger partial charge in [0.1, 0.15) is 0 Å². The maximum Gasteiger partial charge on any atom is 0.0613 e. The lowest BCUT2D eigenvalue weighted by atomic mass is 9.82. The molecule has 1 aliphatic rings. The molecule has 1 aliphatic carbocycles. The molecule has 3 nitrogen and oxygen atoms in total. The van der Waals surface area contributed by atoms with Crippen LogP contribution in [0, 0.1) is 11.8 Å². The van der Waals surface area contributed by atoms with E-state index in [0.29, 0.717) is 12.1 Å². The molecule has 0 aromatic rings. The first kappa shape index (κ1) is 18.9. The van der Waals surface area contributed by atoms with Crippen LogP contribution in [0.4, 0.5) is 0 Å². The molecule has 3 atom stereocenters. The monoisotopic (exact) mass is 299 g/mol. The molecule has 126 valence electrons. The van der Waals surface area contributed by atoms with Gasteiger partial charge in [0.05, 0.1) is 12.7 Å². The summed E-state index contributed by atoms with van der Waals surface area (Å²) in [6.07, 6.45) is 7.19. The van der Waals surface area contributed by atoms with Gasteiger partial charge in [0.2, 0.25) is 0 Å². The van der Waals surface area contributed by atoms with Gasteiger partial charge in [0.15, 0.2) is 0 Å². The van der Waals surface area contributed by atoms with E-state index in [0.717, 1.165) is 37.7 Å². The third-order valence-electron chi connectivity index (χ3n) is 4.86. The minimum absolute atomic E-state index is 0.134. The highest BCUT2D eigenvalue weighted by molar-refractivity contribution is 4.87. The van der Waals surface area contributed by atoms with Gasteiger partial charge < -0.3 is 15.2 Å². The van der Waals surface area contributed by atoms with Gasteiger partial charge in [-0.05, 0) is 50.4 Å². The fourth-order valence-corrected chi connectivity index (χ4v) is 3.87. The highest BCUT2D eigenvalue weighted by Crippen LogP contribution is 2.30.